The highest BCUT2D eigenvalue weighted by Gasteiger charge is 2.46. The molecule has 3 aliphatic rings. The molecule has 1 aromatic rings. The molecule has 0 amide bonds. The zero-order valence-corrected chi connectivity index (χ0v) is 13.6. The molecule has 2 fully saturated rings. The van der Waals surface area contributed by atoms with Gasteiger partial charge >= 0.3 is 0 Å². The molecule has 0 unspecified atom stereocenters. The van der Waals surface area contributed by atoms with Gasteiger partial charge < -0.3 is 4.74 Å². The lowest BCUT2D eigenvalue weighted by Gasteiger charge is -2.33. The first-order valence-corrected chi connectivity index (χ1v) is 9.53. The van der Waals surface area contributed by atoms with Gasteiger partial charge in [-0.2, -0.15) is 4.31 Å². The first kappa shape index (κ1) is 14.6. The molecular formula is C14H22N4O3S. The average Bonchev–Trinajstić information content (AvgIpc) is 3.38. The Balaban J connectivity index is 1.65. The van der Waals surface area contributed by atoms with E-state index in [-0.39, 0.29) is 11.3 Å². The molecule has 0 bridgehead atoms. The maximum absolute atomic E-state index is 12.7. The number of rotatable bonds is 6. The summed E-state index contributed by atoms with van der Waals surface area (Å²) in [5.41, 5.74) is 1.88. The van der Waals surface area contributed by atoms with Crippen LogP contribution >= 0.6 is 0 Å². The first-order valence-electron chi connectivity index (χ1n) is 8.03. The minimum atomic E-state index is -3.23. The molecule has 2 aliphatic carbocycles. The second-order valence-electron chi connectivity index (χ2n) is 6.62. The fourth-order valence-electron chi connectivity index (χ4n) is 3.24. The largest absolute Gasteiger partial charge is 0.383 e. The molecule has 2 heterocycles. The van der Waals surface area contributed by atoms with E-state index in [9.17, 15) is 8.42 Å². The number of ether oxygens (including phenoxy) is 1. The van der Waals surface area contributed by atoms with E-state index >= 15 is 0 Å². The van der Waals surface area contributed by atoms with Gasteiger partial charge in [0.05, 0.1) is 23.6 Å². The molecule has 4 rings (SSSR count). The van der Waals surface area contributed by atoms with Gasteiger partial charge in [-0.25, -0.2) is 13.1 Å². The summed E-state index contributed by atoms with van der Waals surface area (Å²) in [6.45, 7) is 1.76. The van der Waals surface area contributed by atoms with Gasteiger partial charge in [-0.1, -0.05) is 5.21 Å². The SMILES string of the molecule is COC[C@H]1c2nnn(CC3CC3)c2CCN1S(=O)(=O)C1CC1. The van der Waals surface area contributed by atoms with Gasteiger partial charge in [0.2, 0.25) is 10.0 Å². The fourth-order valence-corrected chi connectivity index (χ4v) is 5.22. The van der Waals surface area contributed by atoms with Crippen LogP contribution in [0.25, 0.3) is 0 Å². The topological polar surface area (TPSA) is 77.3 Å². The standard InChI is InChI=1S/C14H22N4O3S/c1-21-9-13-14-12(17(16-15-14)8-10-2-3-10)6-7-18(13)22(19,20)11-4-5-11/h10-11,13H,2-9H2,1H3/t13-/m0/s1. The van der Waals surface area contributed by atoms with Gasteiger partial charge in [-0.05, 0) is 31.6 Å². The number of methoxy groups -OCH3 is 1. The Morgan fingerprint density at radius 3 is 2.68 bits per heavy atom. The molecule has 122 valence electrons. The molecule has 0 radical (unpaired) electrons. The molecule has 0 aromatic carbocycles. The normalized spacial score (nSPS) is 26.1. The predicted molar refractivity (Wildman–Crippen MR) is 79.7 cm³/mol. The van der Waals surface area contributed by atoms with Crippen LogP contribution in [0, 0.1) is 5.92 Å². The molecule has 2 saturated carbocycles. The van der Waals surface area contributed by atoms with E-state index in [4.69, 9.17) is 4.74 Å². The van der Waals surface area contributed by atoms with Gasteiger partial charge in [0.25, 0.3) is 0 Å². The summed E-state index contributed by atoms with van der Waals surface area (Å²) < 4.78 is 34.2. The number of hydrogen-bond acceptors (Lipinski definition) is 5. The van der Waals surface area contributed by atoms with Gasteiger partial charge in [0.15, 0.2) is 0 Å². The molecule has 22 heavy (non-hydrogen) atoms. The van der Waals surface area contributed by atoms with Crippen LogP contribution in [-0.2, 0) is 27.7 Å². The minimum Gasteiger partial charge on any atom is -0.383 e. The summed E-state index contributed by atoms with van der Waals surface area (Å²) in [7, 11) is -1.63. The van der Waals surface area contributed by atoms with E-state index < -0.39 is 10.0 Å². The van der Waals surface area contributed by atoms with Crippen molar-refractivity contribution in [3.8, 4) is 0 Å². The van der Waals surface area contributed by atoms with Crippen LogP contribution in [-0.4, -0.2) is 53.2 Å². The summed E-state index contributed by atoms with van der Waals surface area (Å²) in [6, 6.07) is -0.327. The lowest BCUT2D eigenvalue weighted by atomic mass is 10.1. The van der Waals surface area contributed by atoms with E-state index in [2.05, 4.69) is 10.3 Å². The molecule has 1 aliphatic heterocycles. The number of sulfonamides is 1. The van der Waals surface area contributed by atoms with Crippen molar-refractivity contribution in [3.63, 3.8) is 0 Å². The Bertz CT molecular complexity index is 664. The van der Waals surface area contributed by atoms with Crippen molar-refractivity contribution in [2.75, 3.05) is 20.3 Å². The summed E-state index contributed by atoms with van der Waals surface area (Å²) in [6.07, 6.45) is 4.78. The Morgan fingerprint density at radius 2 is 2.05 bits per heavy atom. The van der Waals surface area contributed by atoms with Crippen molar-refractivity contribution >= 4 is 10.0 Å². The van der Waals surface area contributed by atoms with Crippen LogP contribution in [0.1, 0.15) is 43.1 Å². The van der Waals surface area contributed by atoms with Crippen molar-refractivity contribution in [3.05, 3.63) is 11.4 Å². The molecular weight excluding hydrogens is 304 g/mol. The lowest BCUT2D eigenvalue weighted by Crippen LogP contribution is -2.43. The maximum Gasteiger partial charge on any atom is 0.217 e. The minimum absolute atomic E-state index is 0.199. The third-order valence-electron chi connectivity index (χ3n) is 4.82. The number of fused-ring (bicyclic) bond motifs is 1. The quantitative estimate of drug-likeness (QED) is 0.770. The smallest absolute Gasteiger partial charge is 0.217 e. The number of aromatic nitrogens is 3. The highest BCUT2D eigenvalue weighted by molar-refractivity contribution is 7.90. The average molecular weight is 326 g/mol. The zero-order chi connectivity index (χ0) is 15.3. The molecule has 1 atom stereocenters. The predicted octanol–water partition coefficient (Wildman–Crippen LogP) is 0.726. The Kier molecular flexibility index (Phi) is 3.50. The summed E-state index contributed by atoms with van der Waals surface area (Å²) in [4.78, 5) is 0. The van der Waals surface area contributed by atoms with Gasteiger partial charge in [-0.15, -0.1) is 5.10 Å². The van der Waals surface area contributed by atoms with Crippen molar-refractivity contribution < 1.29 is 13.2 Å². The van der Waals surface area contributed by atoms with E-state index in [1.165, 1.54) is 12.8 Å². The first-order chi connectivity index (χ1) is 10.6. The Labute approximate surface area is 130 Å². The van der Waals surface area contributed by atoms with Crippen molar-refractivity contribution in [2.45, 2.75) is 49.9 Å². The van der Waals surface area contributed by atoms with E-state index in [0.717, 1.165) is 36.7 Å². The second kappa shape index (κ2) is 5.28. The van der Waals surface area contributed by atoms with Crippen LogP contribution in [0.3, 0.4) is 0 Å². The fraction of sp³-hybridized carbons (Fsp3) is 0.857. The highest BCUT2D eigenvalue weighted by atomic mass is 32.2. The molecule has 1 aromatic heterocycles. The number of hydrogen-bond donors (Lipinski definition) is 0. The third kappa shape index (κ3) is 2.47. The second-order valence-corrected chi connectivity index (χ2v) is 8.79. The van der Waals surface area contributed by atoms with Gasteiger partial charge in [0, 0.05) is 26.6 Å². The Morgan fingerprint density at radius 1 is 1.27 bits per heavy atom. The monoisotopic (exact) mass is 326 g/mol. The van der Waals surface area contributed by atoms with Crippen LogP contribution in [0.2, 0.25) is 0 Å². The maximum atomic E-state index is 12.7. The summed E-state index contributed by atoms with van der Waals surface area (Å²) in [5, 5.41) is 8.39. The molecule has 7 nitrogen and oxygen atoms in total. The lowest BCUT2D eigenvalue weighted by molar-refractivity contribution is 0.125. The Hall–Kier alpha value is -0.990. The van der Waals surface area contributed by atoms with E-state index in [1.807, 2.05) is 4.68 Å². The summed E-state index contributed by atoms with van der Waals surface area (Å²) >= 11 is 0. The van der Waals surface area contributed by atoms with Crippen molar-refractivity contribution in [1.29, 1.82) is 0 Å². The van der Waals surface area contributed by atoms with Crippen molar-refractivity contribution in [1.82, 2.24) is 19.3 Å². The third-order valence-corrected chi connectivity index (χ3v) is 7.23. The molecule has 0 saturated heterocycles. The van der Waals surface area contributed by atoms with E-state index in [0.29, 0.717) is 19.6 Å². The van der Waals surface area contributed by atoms with Crippen molar-refractivity contribution in [2.24, 2.45) is 5.92 Å². The van der Waals surface area contributed by atoms with Crippen LogP contribution in [0.5, 0.6) is 0 Å². The number of nitrogens with zero attached hydrogens (tertiary/aromatic N) is 4. The van der Waals surface area contributed by atoms with Crippen LogP contribution in [0.4, 0.5) is 0 Å². The van der Waals surface area contributed by atoms with Crippen LogP contribution in [0.15, 0.2) is 0 Å². The molecule has 8 heteroatoms. The zero-order valence-electron chi connectivity index (χ0n) is 12.8. The highest BCUT2D eigenvalue weighted by Crippen LogP contribution is 2.39. The summed E-state index contributed by atoms with van der Waals surface area (Å²) in [5.74, 6) is 0.722. The molecule has 0 N–H and O–H groups in total. The van der Waals surface area contributed by atoms with Crippen LogP contribution < -0.4 is 0 Å². The van der Waals surface area contributed by atoms with Gasteiger partial charge in [0.1, 0.15) is 5.69 Å². The molecule has 0 spiro atoms. The van der Waals surface area contributed by atoms with Gasteiger partial charge in [-0.3, -0.25) is 0 Å². The van der Waals surface area contributed by atoms with E-state index in [1.54, 1.807) is 11.4 Å².